The summed E-state index contributed by atoms with van der Waals surface area (Å²) in [6, 6.07) is 23.0. The van der Waals surface area contributed by atoms with Gasteiger partial charge in [-0.15, -0.1) is 0 Å². The van der Waals surface area contributed by atoms with Crippen molar-refractivity contribution in [1.29, 1.82) is 0 Å². The number of aromatic amines is 1. The summed E-state index contributed by atoms with van der Waals surface area (Å²) < 4.78 is 27.4. The standard InChI is InChI=1S/C34H30ClN3O7/c1-5-44-26-16-20(14-15-25(26)45-34(40)22-17-27(41-2)32(43-4)28(18-22)42-3)19-36-38-33(39)31-29(21-10-7-6-8-11-21)23-12-9-13-24(35)30(23)37-31/h6-19,37H,5H2,1-4H3,(H,38,39). The van der Waals surface area contributed by atoms with Gasteiger partial charge in [0.1, 0.15) is 5.69 Å². The molecule has 2 N–H and O–H groups in total. The molecule has 4 aromatic carbocycles. The maximum Gasteiger partial charge on any atom is 0.343 e. The summed E-state index contributed by atoms with van der Waals surface area (Å²) in [6.07, 6.45) is 1.46. The molecule has 0 atom stereocenters. The number of hydrogen-bond acceptors (Lipinski definition) is 8. The number of nitrogens with zero attached hydrogens (tertiary/aromatic N) is 1. The molecule has 0 saturated carbocycles. The maximum atomic E-state index is 13.3. The largest absolute Gasteiger partial charge is 0.493 e. The molecule has 0 unspecified atom stereocenters. The monoisotopic (exact) mass is 627 g/mol. The highest BCUT2D eigenvalue weighted by Crippen LogP contribution is 2.39. The zero-order chi connectivity index (χ0) is 31.9. The van der Waals surface area contributed by atoms with Gasteiger partial charge in [-0.1, -0.05) is 54.1 Å². The molecule has 45 heavy (non-hydrogen) atoms. The molecule has 230 valence electrons. The molecule has 1 heterocycles. The van der Waals surface area contributed by atoms with Crippen LogP contribution >= 0.6 is 11.6 Å². The number of aromatic nitrogens is 1. The Kier molecular flexibility index (Phi) is 9.54. The van der Waals surface area contributed by atoms with E-state index in [4.69, 9.17) is 35.3 Å². The third kappa shape index (κ3) is 6.56. The molecule has 10 nitrogen and oxygen atoms in total. The fourth-order valence-corrected chi connectivity index (χ4v) is 5.02. The molecule has 0 spiro atoms. The molecule has 0 saturated heterocycles. The highest BCUT2D eigenvalue weighted by Gasteiger charge is 2.21. The predicted molar refractivity (Wildman–Crippen MR) is 172 cm³/mol. The number of hydrazone groups is 1. The molecular weight excluding hydrogens is 598 g/mol. The lowest BCUT2D eigenvalue weighted by molar-refractivity contribution is 0.0727. The van der Waals surface area contributed by atoms with Crippen LogP contribution in [0.2, 0.25) is 5.02 Å². The number of halogens is 1. The second kappa shape index (κ2) is 13.9. The van der Waals surface area contributed by atoms with Crippen LogP contribution < -0.4 is 29.1 Å². The number of fused-ring (bicyclic) bond motifs is 1. The van der Waals surface area contributed by atoms with Gasteiger partial charge in [-0.3, -0.25) is 4.79 Å². The first-order valence-corrected chi connectivity index (χ1v) is 14.2. The summed E-state index contributed by atoms with van der Waals surface area (Å²) in [5, 5.41) is 5.48. The van der Waals surface area contributed by atoms with Crippen molar-refractivity contribution in [2.24, 2.45) is 5.10 Å². The maximum absolute atomic E-state index is 13.3. The Hall–Kier alpha value is -5.48. The van der Waals surface area contributed by atoms with Crippen LogP contribution in [-0.4, -0.2) is 51.0 Å². The third-order valence-electron chi connectivity index (χ3n) is 6.82. The lowest BCUT2D eigenvalue weighted by atomic mass is 10.0. The molecule has 0 bridgehead atoms. The normalized spacial score (nSPS) is 11.0. The zero-order valence-electron chi connectivity index (χ0n) is 25.0. The van der Waals surface area contributed by atoms with E-state index in [1.807, 2.05) is 49.4 Å². The van der Waals surface area contributed by atoms with Crippen LogP contribution in [0.5, 0.6) is 28.7 Å². The number of esters is 1. The number of H-pyrrole nitrogens is 1. The molecule has 5 rings (SSSR count). The van der Waals surface area contributed by atoms with Crippen molar-refractivity contribution in [2.75, 3.05) is 27.9 Å². The first-order chi connectivity index (χ1) is 21.9. The number of nitrogens with one attached hydrogen (secondary N) is 2. The summed E-state index contributed by atoms with van der Waals surface area (Å²) in [4.78, 5) is 29.5. The number of carbonyl (C=O) groups excluding carboxylic acids is 2. The van der Waals surface area contributed by atoms with E-state index in [1.165, 1.54) is 39.7 Å². The Morgan fingerprint density at radius 2 is 1.60 bits per heavy atom. The Morgan fingerprint density at radius 3 is 2.27 bits per heavy atom. The van der Waals surface area contributed by atoms with Crippen LogP contribution in [-0.2, 0) is 0 Å². The van der Waals surface area contributed by atoms with Crippen LogP contribution in [0.4, 0.5) is 0 Å². The zero-order valence-corrected chi connectivity index (χ0v) is 25.7. The Morgan fingerprint density at radius 1 is 0.867 bits per heavy atom. The minimum atomic E-state index is -0.656. The van der Waals surface area contributed by atoms with Crippen LogP contribution in [0.3, 0.4) is 0 Å². The van der Waals surface area contributed by atoms with Gasteiger partial charge in [0.15, 0.2) is 23.0 Å². The number of carbonyl (C=O) groups is 2. The van der Waals surface area contributed by atoms with E-state index in [-0.39, 0.29) is 11.3 Å². The van der Waals surface area contributed by atoms with Crippen molar-refractivity contribution < 1.29 is 33.3 Å². The molecular formula is C34H30ClN3O7. The third-order valence-corrected chi connectivity index (χ3v) is 7.14. The molecule has 0 radical (unpaired) electrons. The van der Waals surface area contributed by atoms with Crippen LogP contribution in [0.1, 0.15) is 33.3 Å². The second-order valence-electron chi connectivity index (χ2n) is 9.55. The summed E-state index contributed by atoms with van der Waals surface area (Å²) in [6.45, 7) is 2.12. The lowest BCUT2D eigenvalue weighted by Crippen LogP contribution is -2.18. The van der Waals surface area contributed by atoms with E-state index in [2.05, 4.69) is 15.5 Å². The summed E-state index contributed by atoms with van der Waals surface area (Å²) in [5.41, 5.74) is 5.93. The number of ether oxygens (including phenoxy) is 5. The summed E-state index contributed by atoms with van der Waals surface area (Å²) >= 11 is 6.43. The van der Waals surface area contributed by atoms with Crippen molar-refractivity contribution in [1.82, 2.24) is 10.4 Å². The van der Waals surface area contributed by atoms with Crippen molar-refractivity contribution in [3.63, 3.8) is 0 Å². The van der Waals surface area contributed by atoms with Gasteiger partial charge in [-0.05, 0) is 54.4 Å². The van der Waals surface area contributed by atoms with Crippen LogP contribution in [0.25, 0.3) is 22.0 Å². The van der Waals surface area contributed by atoms with E-state index in [1.54, 1.807) is 24.3 Å². The summed E-state index contributed by atoms with van der Waals surface area (Å²) in [5.74, 6) is 0.383. The van der Waals surface area contributed by atoms with E-state index in [0.29, 0.717) is 51.4 Å². The minimum Gasteiger partial charge on any atom is -0.493 e. The van der Waals surface area contributed by atoms with E-state index in [0.717, 1.165) is 16.5 Å². The van der Waals surface area contributed by atoms with Gasteiger partial charge < -0.3 is 28.7 Å². The first kappa shape index (κ1) is 31.0. The quantitative estimate of drug-likeness (QED) is 0.0707. The summed E-state index contributed by atoms with van der Waals surface area (Å²) in [7, 11) is 4.39. The van der Waals surface area contributed by atoms with E-state index >= 15 is 0 Å². The van der Waals surface area contributed by atoms with Gasteiger partial charge in [0, 0.05) is 10.9 Å². The molecule has 11 heteroatoms. The fraction of sp³-hybridized carbons (Fsp3) is 0.147. The smallest absolute Gasteiger partial charge is 0.343 e. The highest BCUT2D eigenvalue weighted by molar-refractivity contribution is 6.36. The number of para-hydroxylation sites is 1. The Balaban J connectivity index is 1.36. The second-order valence-corrected chi connectivity index (χ2v) is 9.95. The number of amides is 1. The average Bonchev–Trinajstić information content (AvgIpc) is 3.46. The first-order valence-electron chi connectivity index (χ1n) is 13.9. The number of benzene rings is 4. The number of rotatable bonds is 11. The topological polar surface area (TPSA) is 120 Å². The molecule has 0 fully saturated rings. The van der Waals surface area contributed by atoms with E-state index in [9.17, 15) is 9.59 Å². The molecule has 1 aromatic heterocycles. The number of hydrogen-bond donors (Lipinski definition) is 2. The minimum absolute atomic E-state index is 0.188. The van der Waals surface area contributed by atoms with Gasteiger partial charge in [-0.25, -0.2) is 10.2 Å². The average molecular weight is 628 g/mol. The molecule has 1 amide bonds. The van der Waals surface area contributed by atoms with Gasteiger partial charge in [-0.2, -0.15) is 5.10 Å². The van der Waals surface area contributed by atoms with Crippen molar-refractivity contribution in [2.45, 2.75) is 6.92 Å². The molecule has 0 aliphatic carbocycles. The predicted octanol–water partition coefficient (Wildman–Crippen LogP) is 6.90. The van der Waals surface area contributed by atoms with Crippen molar-refractivity contribution in [3.05, 3.63) is 101 Å². The lowest BCUT2D eigenvalue weighted by Gasteiger charge is -2.15. The number of methoxy groups -OCH3 is 3. The van der Waals surface area contributed by atoms with Gasteiger partial charge in [0.05, 0.1) is 50.3 Å². The molecule has 0 aliphatic rings. The molecule has 5 aromatic rings. The fourth-order valence-electron chi connectivity index (χ4n) is 4.79. The van der Waals surface area contributed by atoms with Crippen molar-refractivity contribution in [3.8, 4) is 39.9 Å². The molecule has 0 aliphatic heterocycles. The van der Waals surface area contributed by atoms with Crippen molar-refractivity contribution >= 4 is 40.6 Å². The van der Waals surface area contributed by atoms with E-state index < -0.39 is 11.9 Å². The highest BCUT2D eigenvalue weighted by atomic mass is 35.5. The van der Waals surface area contributed by atoms with Gasteiger partial charge >= 0.3 is 5.97 Å². The van der Waals surface area contributed by atoms with Gasteiger partial charge in [0.25, 0.3) is 5.91 Å². The Bertz CT molecular complexity index is 1860. The SMILES string of the molecule is CCOc1cc(C=NNC(=O)c2[nH]c3c(Cl)cccc3c2-c2ccccc2)ccc1OC(=O)c1cc(OC)c(OC)c(OC)c1. The Labute approximate surface area is 264 Å². The van der Waals surface area contributed by atoms with Crippen LogP contribution in [0.15, 0.2) is 84.0 Å². The van der Waals surface area contributed by atoms with Crippen LogP contribution in [0, 0.1) is 0 Å². The van der Waals surface area contributed by atoms with Gasteiger partial charge in [0.2, 0.25) is 5.75 Å².